The van der Waals surface area contributed by atoms with Gasteiger partial charge in [0.1, 0.15) is 0 Å². The molecule has 19 heavy (non-hydrogen) atoms. The van der Waals surface area contributed by atoms with Crippen LogP contribution >= 0.6 is 0 Å². The molecule has 1 aliphatic heterocycles. The largest absolute Gasteiger partial charge is 0.378 e. The second kappa shape index (κ2) is 6.79. The predicted octanol–water partition coefficient (Wildman–Crippen LogP) is 0.589. The normalized spacial score (nSPS) is 16.4. The first kappa shape index (κ1) is 13.4. The summed E-state index contributed by atoms with van der Waals surface area (Å²) < 4.78 is 5.24. The molecule has 0 bridgehead atoms. The van der Waals surface area contributed by atoms with Crippen molar-refractivity contribution in [3.05, 3.63) is 40.2 Å². The molecular formula is C12H16N4O3. The molecular weight excluding hydrogens is 248 g/mol. The number of aromatic nitrogens is 1. The lowest BCUT2D eigenvalue weighted by Crippen LogP contribution is -2.43. The average molecular weight is 264 g/mol. The monoisotopic (exact) mass is 264 g/mol. The molecule has 2 heterocycles. The van der Waals surface area contributed by atoms with Crippen molar-refractivity contribution in [3.8, 4) is 0 Å². The van der Waals surface area contributed by atoms with Crippen molar-refractivity contribution in [2.24, 2.45) is 4.99 Å². The second-order valence-electron chi connectivity index (χ2n) is 4.18. The summed E-state index contributed by atoms with van der Waals surface area (Å²) in [6.07, 6.45) is 3.40. The Morgan fingerprint density at radius 2 is 2.32 bits per heavy atom. The number of hydrogen-bond donors (Lipinski definition) is 0. The van der Waals surface area contributed by atoms with Gasteiger partial charge >= 0.3 is 0 Å². The smallest absolute Gasteiger partial charge is 0.260 e. The van der Waals surface area contributed by atoms with Crippen molar-refractivity contribution in [3.63, 3.8) is 0 Å². The van der Waals surface area contributed by atoms with Crippen molar-refractivity contribution < 1.29 is 9.66 Å². The Hall–Kier alpha value is -2.02. The van der Waals surface area contributed by atoms with E-state index in [-0.39, 0.29) is 11.5 Å². The summed E-state index contributed by atoms with van der Waals surface area (Å²) in [6.45, 7) is 2.64. The molecule has 0 spiro atoms. The van der Waals surface area contributed by atoms with Crippen molar-refractivity contribution in [2.75, 3.05) is 32.8 Å². The number of morpholine rings is 1. The Morgan fingerprint density at radius 1 is 1.53 bits per heavy atom. The highest BCUT2D eigenvalue weighted by Gasteiger charge is 2.19. The summed E-state index contributed by atoms with van der Waals surface area (Å²) in [7, 11) is 0. The quantitative estimate of drug-likeness (QED) is 0.344. The molecule has 1 saturated heterocycles. The van der Waals surface area contributed by atoms with Gasteiger partial charge in [-0.05, 0) is 11.6 Å². The zero-order valence-electron chi connectivity index (χ0n) is 10.6. The molecule has 0 amide bonds. The Labute approximate surface area is 111 Å². The maximum Gasteiger partial charge on any atom is 0.260 e. The molecule has 102 valence electrons. The van der Waals surface area contributed by atoms with E-state index in [0.717, 1.165) is 5.56 Å². The van der Waals surface area contributed by atoms with Crippen LogP contribution in [0.25, 0.3) is 0 Å². The first-order chi connectivity index (χ1) is 9.25. The zero-order chi connectivity index (χ0) is 13.5. The van der Waals surface area contributed by atoms with Gasteiger partial charge in [0, 0.05) is 30.4 Å². The molecule has 0 aromatic carbocycles. The molecule has 2 rings (SSSR count). The van der Waals surface area contributed by atoms with E-state index in [4.69, 9.17) is 4.74 Å². The van der Waals surface area contributed by atoms with Crippen LogP contribution in [0.5, 0.6) is 0 Å². The number of rotatable bonds is 4. The van der Waals surface area contributed by atoms with Crippen LogP contribution in [0, 0.1) is 10.1 Å². The van der Waals surface area contributed by atoms with E-state index in [1.54, 1.807) is 12.4 Å². The summed E-state index contributed by atoms with van der Waals surface area (Å²) in [5.74, 6) is 0.511. The number of hydrogen-bond acceptors (Lipinski definition) is 5. The van der Waals surface area contributed by atoms with Gasteiger partial charge in [-0.2, -0.15) is 0 Å². The summed E-state index contributed by atoms with van der Waals surface area (Å²) in [4.78, 5) is 20.7. The highest BCUT2D eigenvalue weighted by molar-refractivity contribution is 5.83. The minimum atomic E-state index is -0.350. The third-order valence-corrected chi connectivity index (χ3v) is 2.81. The number of nitrogens with zero attached hydrogens (tertiary/aromatic N) is 4. The van der Waals surface area contributed by atoms with Gasteiger partial charge in [0.05, 0.1) is 19.8 Å². The third kappa shape index (κ3) is 4.29. The molecule has 0 radical (unpaired) electrons. The molecule has 0 N–H and O–H groups in total. The fourth-order valence-electron chi connectivity index (χ4n) is 1.86. The maximum absolute atomic E-state index is 10.7. The predicted molar refractivity (Wildman–Crippen MR) is 69.6 cm³/mol. The molecule has 1 aliphatic rings. The fourth-order valence-corrected chi connectivity index (χ4v) is 1.86. The van der Waals surface area contributed by atoms with Crippen LogP contribution in [0.2, 0.25) is 0 Å². The Kier molecular flexibility index (Phi) is 4.79. The lowest BCUT2D eigenvalue weighted by molar-refractivity contribution is -0.464. The van der Waals surface area contributed by atoms with Gasteiger partial charge in [-0.3, -0.25) is 20.1 Å². The highest BCUT2D eigenvalue weighted by Crippen LogP contribution is 2.03. The highest BCUT2D eigenvalue weighted by atomic mass is 16.6. The second-order valence-corrected chi connectivity index (χ2v) is 4.18. The molecule has 7 heteroatoms. The van der Waals surface area contributed by atoms with Crippen molar-refractivity contribution in [1.82, 2.24) is 9.88 Å². The maximum atomic E-state index is 10.7. The fraction of sp³-hybridized carbons (Fsp3) is 0.500. The number of amidine groups is 1. The number of ether oxygens (including phenoxy) is 1. The molecule has 1 aromatic heterocycles. The van der Waals surface area contributed by atoms with E-state index in [0.29, 0.717) is 38.7 Å². The zero-order valence-corrected chi connectivity index (χ0v) is 10.6. The lowest BCUT2D eigenvalue weighted by Gasteiger charge is -2.28. The van der Waals surface area contributed by atoms with Crippen molar-refractivity contribution >= 4 is 5.84 Å². The number of nitro groups is 1. The molecule has 1 aromatic rings. The Morgan fingerprint density at radius 3 is 2.95 bits per heavy atom. The van der Waals surface area contributed by atoms with Gasteiger partial charge < -0.3 is 9.64 Å². The van der Waals surface area contributed by atoms with Crippen LogP contribution in [0.4, 0.5) is 0 Å². The third-order valence-electron chi connectivity index (χ3n) is 2.81. The number of aliphatic imine (C=N–C) groups is 1. The van der Waals surface area contributed by atoms with Crippen molar-refractivity contribution in [1.29, 1.82) is 0 Å². The first-order valence-electron chi connectivity index (χ1n) is 6.12. The van der Waals surface area contributed by atoms with Gasteiger partial charge in [-0.15, -0.1) is 0 Å². The lowest BCUT2D eigenvalue weighted by atomic mass is 10.3. The summed E-state index contributed by atoms with van der Waals surface area (Å²) in [5, 5.41) is 10.7. The van der Waals surface area contributed by atoms with Crippen LogP contribution in [-0.4, -0.2) is 53.5 Å². The molecule has 0 aliphatic carbocycles. The molecule has 0 unspecified atom stereocenters. The first-order valence-corrected chi connectivity index (χ1v) is 6.12. The Bertz CT molecular complexity index is 444. The molecule has 0 saturated carbocycles. The van der Waals surface area contributed by atoms with Gasteiger partial charge in [-0.25, -0.2) is 0 Å². The van der Waals surface area contributed by atoms with E-state index in [9.17, 15) is 10.1 Å². The van der Waals surface area contributed by atoms with Gasteiger partial charge in [-0.1, -0.05) is 6.07 Å². The summed E-state index contributed by atoms with van der Waals surface area (Å²) in [5.41, 5.74) is 0.941. The van der Waals surface area contributed by atoms with Gasteiger partial charge in [0.25, 0.3) is 6.54 Å². The Balaban J connectivity index is 2.05. The van der Waals surface area contributed by atoms with Crippen LogP contribution < -0.4 is 0 Å². The molecule has 1 fully saturated rings. The average Bonchev–Trinajstić information content (AvgIpc) is 2.45. The van der Waals surface area contributed by atoms with E-state index in [1.807, 2.05) is 17.0 Å². The minimum absolute atomic E-state index is 0.250. The van der Waals surface area contributed by atoms with E-state index in [1.165, 1.54) is 0 Å². The number of pyridine rings is 1. The molecule has 7 nitrogen and oxygen atoms in total. The standard InChI is InChI=1S/C12H16N4O3/c17-16(18)10-12(15-4-6-19-7-5-15)14-9-11-2-1-3-13-8-11/h1-3,8H,4-7,9-10H2. The van der Waals surface area contributed by atoms with Crippen LogP contribution in [0.3, 0.4) is 0 Å². The topological polar surface area (TPSA) is 80.9 Å². The van der Waals surface area contributed by atoms with E-state index >= 15 is 0 Å². The van der Waals surface area contributed by atoms with Gasteiger partial charge in [0.2, 0.25) is 0 Å². The SMILES string of the molecule is O=[N+]([O-])CC(=NCc1cccnc1)N1CCOCC1. The minimum Gasteiger partial charge on any atom is -0.378 e. The van der Waals surface area contributed by atoms with E-state index < -0.39 is 0 Å². The van der Waals surface area contributed by atoms with Crippen LogP contribution in [0.15, 0.2) is 29.5 Å². The van der Waals surface area contributed by atoms with Crippen LogP contribution in [0.1, 0.15) is 5.56 Å². The molecule has 0 atom stereocenters. The summed E-state index contributed by atoms with van der Waals surface area (Å²) >= 11 is 0. The van der Waals surface area contributed by atoms with E-state index in [2.05, 4.69) is 9.98 Å². The van der Waals surface area contributed by atoms with Crippen molar-refractivity contribution in [2.45, 2.75) is 6.54 Å². The van der Waals surface area contributed by atoms with Gasteiger partial charge in [0.15, 0.2) is 5.84 Å². The van der Waals surface area contributed by atoms with Crippen LogP contribution in [-0.2, 0) is 11.3 Å². The summed E-state index contributed by atoms with van der Waals surface area (Å²) in [6, 6.07) is 3.73.